The molecule has 0 unspecified atom stereocenters. The smallest absolute Gasteiger partial charge is 0.416 e. The van der Waals surface area contributed by atoms with E-state index in [1.807, 2.05) is 0 Å². The fourth-order valence-corrected chi connectivity index (χ4v) is 4.40. The molecule has 0 aromatic heterocycles. The van der Waals surface area contributed by atoms with Crippen molar-refractivity contribution >= 4 is 23.2 Å². The van der Waals surface area contributed by atoms with E-state index in [0.717, 1.165) is 12.1 Å². The first-order chi connectivity index (χ1) is 14.8. The molecule has 3 aliphatic rings. The van der Waals surface area contributed by atoms with Crippen molar-refractivity contribution in [3.05, 3.63) is 47.5 Å². The summed E-state index contributed by atoms with van der Waals surface area (Å²) in [6.45, 7) is 0.758. The summed E-state index contributed by atoms with van der Waals surface area (Å²) in [7, 11) is 0. The van der Waals surface area contributed by atoms with Gasteiger partial charge in [0.05, 0.1) is 11.5 Å². The maximum Gasteiger partial charge on any atom is 0.416 e. The van der Waals surface area contributed by atoms with Gasteiger partial charge in [-0.1, -0.05) is 0 Å². The van der Waals surface area contributed by atoms with Crippen molar-refractivity contribution in [1.29, 1.82) is 0 Å². The second-order valence-electron chi connectivity index (χ2n) is 7.88. The quantitative estimate of drug-likeness (QED) is 0.725. The van der Waals surface area contributed by atoms with Crippen LogP contribution in [0.3, 0.4) is 0 Å². The minimum absolute atomic E-state index is 0.0553. The van der Waals surface area contributed by atoms with E-state index in [4.69, 9.17) is 9.47 Å². The van der Waals surface area contributed by atoms with Crippen LogP contribution in [0.15, 0.2) is 36.4 Å². The van der Waals surface area contributed by atoms with E-state index in [1.165, 1.54) is 11.0 Å². The molecule has 0 aliphatic carbocycles. The number of fused-ring (bicyclic) bond motifs is 2. The van der Waals surface area contributed by atoms with Crippen molar-refractivity contribution in [3.63, 3.8) is 0 Å². The molecule has 3 aliphatic heterocycles. The van der Waals surface area contributed by atoms with E-state index in [1.54, 1.807) is 23.1 Å². The molecule has 1 saturated heterocycles. The van der Waals surface area contributed by atoms with Gasteiger partial charge in [-0.3, -0.25) is 9.59 Å². The Labute approximate surface area is 176 Å². The number of halogens is 3. The second-order valence-corrected chi connectivity index (χ2v) is 7.88. The summed E-state index contributed by atoms with van der Waals surface area (Å²) in [5, 5.41) is 0. The molecule has 2 aromatic rings. The molecule has 0 bridgehead atoms. The van der Waals surface area contributed by atoms with Gasteiger partial charge >= 0.3 is 6.18 Å². The van der Waals surface area contributed by atoms with Gasteiger partial charge in [0, 0.05) is 37.0 Å². The second kappa shape index (κ2) is 7.18. The summed E-state index contributed by atoms with van der Waals surface area (Å²) in [6.07, 6.45) is -3.31. The number of aryl methyl sites for hydroxylation is 1. The van der Waals surface area contributed by atoms with Crippen LogP contribution in [0.4, 0.5) is 24.5 Å². The van der Waals surface area contributed by atoms with E-state index in [2.05, 4.69) is 0 Å². The highest BCUT2D eigenvalue weighted by molar-refractivity contribution is 6.05. The standard InChI is InChI=1S/C22H19F3N2O4/c23-22(24,25)15-3-5-17-13(8-15)2-1-7-26(17)21(29)14-9-20(28)27(11-14)16-4-6-18-19(10-16)31-12-30-18/h3-6,8,10,14H,1-2,7,9,11-12H2/t14-/m0/s1. The van der Waals surface area contributed by atoms with Crippen LogP contribution < -0.4 is 19.3 Å². The third-order valence-electron chi connectivity index (χ3n) is 5.93. The maximum absolute atomic E-state index is 13.2. The molecule has 2 aromatic carbocycles. The molecular weight excluding hydrogens is 413 g/mol. The van der Waals surface area contributed by atoms with Crippen molar-refractivity contribution in [2.75, 3.05) is 29.7 Å². The zero-order chi connectivity index (χ0) is 21.8. The number of alkyl halides is 3. The van der Waals surface area contributed by atoms with Gasteiger partial charge in [0.2, 0.25) is 18.6 Å². The largest absolute Gasteiger partial charge is 0.454 e. The van der Waals surface area contributed by atoms with Gasteiger partial charge in [0.1, 0.15) is 0 Å². The van der Waals surface area contributed by atoms with Gasteiger partial charge < -0.3 is 19.3 Å². The van der Waals surface area contributed by atoms with Crippen LogP contribution in [0.1, 0.15) is 24.0 Å². The molecule has 1 fully saturated rings. The van der Waals surface area contributed by atoms with Crippen LogP contribution in [0.5, 0.6) is 11.5 Å². The van der Waals surface area contributed by atoms with Gasteiger partial charge in [0.25, 0.3) is 0 Å². The van der Waals surface area contributed by atoms with Gasteiger partial charge in [-0.25, -0.2) is 0 Å². The van der Waals surface area contributed by atoms with Gasteiger partial charge in [0.15, 0.2) is 11.5 Å². The molecule has 6 nitrogen and oxygen atoms in total. The molecule has 0 saturated carbocycles. The molecule has 162 valence electrons. The normalized spacial score (nSPS) is 20.2. The molecule has 9 heteroatoms. The minimum Gasteiger partial charge on any atom is -0.454 e. The number of rotatable bonds is 2. The first kappa shape index (κ1) is 19.7. The van der Waals surface area contributed by atoms with E-state index in [-0.39, 0.29) is 31.6 Å². The lowest BCUT2D eigenvalue weighted by Gasteiger charge is -2.32. The van der Waals surface area contributed by atoms with Crippen LogP contribution in [0.2, 0.25) is 0 Å². The highest BCUT2D eigenvalue weighted by Gasteiger charge is 2.39. The molecule has 1 atom stereocenters. The lowest BCUT2D eigenvalue weighted by Crippen LogP contribution is -2.40. The van der Waals surface area contributed by atoms with Crippen molar-refractivity contribution < 1.29 is 32.2 Å². The number of anilines is 2. The molecule has 2 amide bonds. The fourth-order valence-electron chi connectivity index (χ4n) is 4.40. The predicted molar refractivity (Wildman–Crippen MR) is 105 cm³/mol. The average Bonchev–Trinajstić information content (AvgIpc) is 3.37. The Kier molecular flexibility index (Phi) is 4.56. The topological polar surface area (TPSA) is 59.1 Å². The highest BCUT2D eigenvalue weighted by atomic mass is 19.4. The summed E-state index contributed by atoms with van der Waals surface area (Å²) in [5.74, 6) is 0.169. The number of hydrogen-bond donors (Lipinski definition) is 0. The molecule has 3 heterocycles. The van der Waals surface area contributed by atoms with E-state index < -0.39 is 17.7 Å². The number of carbonyl (C=O) groups is 2. The van der Waals surface area contributed by atoms with Crippen molar-refractivity contribution in [2.45, 2.75) is 25.4 Å². The van der Waals surface area contributed by atoms with Crippen LogP contribution in [-0.2, 0) is 22.2 Å². The van der Waals surface area contributed by atoms with E-state index in [0.29, 0.717) is 47.8 Å². The van der Waals surface area contributed by atoms with Crippen molar-refractivity contribution in [3.8, 4) is 11.5 Å². The molecule has 0 radical (unpaired) electrons. The Morgan fingerprint density at radius 1 is 1.06 bits per heavy atom. The number of hydrogen-bond acceptors (Lipinski definition) is 4. The maximum atomic E-state index is 13.2. The molecule has 31 heavy (non-hydrogen) atoms. The Hall–Kier alpha value is -3.23. The molecule has 0 spiro atoms. The fraction of sp³-hybridized carbons (Fsp3) is 0.364. The number of benzene rings is 2. The monoisotopic (exact) mass is 432 g/mol. The summed E-state index contributed by atoms with van der Waals surface area (Å²) in [5.41, 5.74) is 0.911. The first-order valence-electron chi connectivity index (χ1n) is 10.0. The third kappa shape index (κ3) is 3.47. The van der Waals surface area contributed by atoms with Crippen LogP contribution in [-0.4, -0.2) is 31.7 Å². The Morgan fingerprint density at radius 2 is 1.87 bits per heavy atom. The third-order valence-corrected chi connectivity index (χ3v) is 5.93. The minimum atomic E-state index is -4.43. The molecule has 5 rings (SSSR count). The number of nitrogens with zero attached hydrogens (tertiary/aromatic N) is 2. The predicted octanol–water partition coefficient (Wildman–Crippen LogP) is 3.77. The molecule has 0 N–H and O–H groups in total. The van der Waals surface area contributed by atoms with Crippen LogP contribution in [0, 0.1) is 5.92 Å². The Balaban J connectivity index is 1.36. The first-order valence-corrected chi connectivity index (χ1v) is 10.0. The van der Waals surface area contributed by atoms with E-state index >= 15 is 0 Å². The van der Waals surface area contributed by atoms with Gasteiger partial charge in [-0.05, 0) is 48.7 Å². The SMILES string of the molecule is O=C1C[C@H](C(=O)N2CCCc3cc(C(F)(F)F)ccc32)CN1c1ccc2c(c1)OCO2. The van der Waals surface area contributed by atoms with Gasteiger partial charge in [-0.15, -0.1) is 0 Å². The van der Waals surface area contributed by atoms with Crippen molar-refractivity contribution in [1.82, 2.24) is 0 Å². The lowest BCUT2D eigenvalue weighted by atomic mass is 9.97. The zero-order valence-corrected chi connectivity index (χ0v) is 16.4. The zero-order valence-electron chi connectivity index (χ0n) is 16.4. The van der Waals surface area contributed by atoms with E-state index in [9.17, 15) is 22.8 Å². The van der Waals surface area contributed by atoms with Crippen LogP contribution in [0.25, 0.3) is 0 Å². The average molecular weight is 432 g/mol. The number of ether oxygens (including phenoxy) is 2. The summed E-state index contributed by atoms with van der Waals surface area (Å²) >= 11 is 0. The Morgan fingerprint density at radius 3 is 2.68 bits per heavy atom. The van der Waals surface area contributed by atoms with Crippen molar-refractivity contribution in [2.24, 2.45) is 5.92 Å². The Bertz CT molecular complexity index is 1070. The summed E-state index contributed by atoms with van der Waals surface area (Å²) in [4.78, 5) is 28.9. The highest BCUT2D eigenvalue weighted by Crippen LogP contribution is 2.39. The number of amides is 2. The van der Waals surface area contributed by atoms with Crippen LogP contribution >= 0.6 is 0 Å². The lowest BCUT2D eigenvalue weighted by molar-refractivity contribution is -0.137. The summed E-state index contributed by atoms with van der Waals surface area (Å²) in [6, 6.07) is 8.66. The molecular formula is C22H19F3N2O4. The van der Waals surface area contributed by atoms with Gasteiger partial charge in [-0.2, -0.15) is 13.2 Å². The number of carbonyl (C=O) groups excluding carboxylic acids is 2. The summed E-state index contributed by atoms with van der Waals surface area (Å²) < 4.78 is 49.8.